The molecule has 0 spiro atoms. The van der Waals surface area contributed by atoms with Gasteiger partial charge in [0.2, 0.25) is 5.91 Å². The van der Waals surface area contributed by atoms with Crippen LogP contribution < -0.4 is 11.1 Å². The van der Waals surface area contributed by atoms with Gasteiger partial charge in [-0.25, -0.2) is 0 Å². The molecule has 0 aromatic heterocycles. The summed E-state index contributed by atoms with van der Waals surface area (Å²) in [6.45, 7) is 1.93. The second-order valence-corrected chi connectivity index (χ2v) is 7.22. The number of allylic oxidation sites excluding steroid dienone is 1. The maximum Gasteiger partial charge on any atom is 0.248 e. The molecule has 0 aliphatic heterocycles. The molecule has 0 saturated carbocycles. The van der Waals surface area contributed by atoms with E-state index in [-0.39, 0.29) is 11.7 Å². The average Bonchev–Trinajstić information content (AvgIpc) is 2.72. The summed E-state index contributed by atoms with van der Waals surface area (Å²) < 4.78 is 0. The molecule has 29 heavy (non-hydrogen) atoms. The van der Waals surface area contributed by atoms with Gasteiger partial charge in [0, 0.05) is 18.1 Å². The van der Waals surface area contributed by atoms with Crippen molar-refractivity contribution in [3.05, 3.63) is 83.9 Å². The normalized spacial score (nSPS) is 11.4. The summed E-state index contributed by atoms with van der Waals surface area (Å²) in [4.78, 5) is 24.8. The molecule has 3 rings (SSSR count). The zero-order valence-corrected chi connectivity index (χ0v) is 16.7. The fourth-order valence-electron chi connectivity index (χ4n) is 3.37. The molecule has 3 N–H and O–H groups in total. The highest BCUT2D eigenvalue weighted by atomic mass is 16.1. The molecule has 0 unspecified atom stereocenters. The minimum atomic E-state index is -0.188. The van der Waals surface area contributed by atoms with Crippen LogP contribution in [0.2, 0.25) is 0 Å². The molecule has 4 nitrogen and oxygen atoms in total. The summed E-state index contributed by atoms with van der Waals surface area (Å²) in [7, 11) is 0. The summed E-state index contributed by atoms with van der Waals surface area (Å²) in [5, 5.41) is 4.89. The summed E-state index contributed by atoms with van der Waals surface area (Å²) >= 11 is 0. The van der Waals surface area contributed by atoms with Gasteiger partial charge in [-0.1, -0.05) is 60.2 Å². The third-order valence-corrected chi connectivity index (χ3v) is 4.91. The smallest absolute Gasteiger partial charge is 0.248 e. The third kappa shape index (κ3) is 5.55. The number of hydrogen-bond donors (Lipinski definition) is 2. The number of hydrogen-bond acceptors (Lipinski definition) is 3. The molecule has 0 heterocycles. The number of ketones is 1. The van der Waals surface area contributed by atoms with Gasteiger partial charge >= 0.3 is 0 Å². The first-order chi connectivity index (χ1) is 14.0. The standard InChI is InChI=1S/C25H26N2O2/c1-18(17-25(29)27-23-15-6-5-14-22(23)26)9-2-7-16-24(28)21-13-8-11-19-10-3-4-12-20(19)21/h3-6,8,10-15,17H,2,7,9,16,26H2,1H3,(H,27,29). The number of nitrogens with one attached hydrogen (secondary N) is 1. The second kappa shape index (κ2) is 9.69. The van der Waals surface area contributed by atoms with Crippen LogP contribution >= 0.6 is 0 Å². The maximum absolute atomic E-state index is 12.6. The number of rotatable bonds is 8. The monoisotopic (exact) mass is 386 g/mol. The number of nitrogens with two attached hydrogens (primary N) is 1. The molecule has 1 amide bonds. The van der Waals surface area contributed by atoms with Crippen molar-refractivity contribution >= 4 is 33.8 Å². The number of para-hydroxylation sites is 2. The molecule has 3 aromatic carbocycles. The molecule has 148 valence electrons. The number of carbonyl (C=O) groups excluding carboxylic acids is 2. The zero-order valence-electron chi connectivity index (χ0n) is 16.7. The molecule has 0 bridgehead atoms. The van der Waals surface area contributed by atoms with E-state index >= 15 is 0 Å². The largest absolute Gasteiger partial charge is 0.397 e. The minimum Gasteiger partial charge on any atom is -0.397 e. The van der Waals surface area contributed by atoms with E-state index in [1.807, 2.05) is 61.5 Å². The number of anilines is 2. The Labute approximate surface area is 171 Å². The van der Waals surface area contributed by atoms with E-state index < -0.39 is 0 Å². The quantitative estimate of drug-likeness (QED) is 0.224. The molecular formula is C25H26N2O2. The van der Waals surface area contributed by atoms with E-state index in [9.17, 15) is 9.59 Å². The van der Waals surface area contributed by atoms with Crippen LogP contribution in [0.5, 0.6) is 0 Å². The predicted molar refractivity (Wildman–Crippen MR) is 120 cm³/mol. The summed E-state index contributed by atoms with van der Waals surface area (Å²) in [6, 6.07) is 21.0. The van der Waals surface area contributed by atoms with Crippen molar-refractivity contribution in [2.24, 2.45) is 0 Å². The fraction of sp³-hybridized carbons (Fsp3) is 0.200. The van der Waals surface area contributed by atoms with E-state index in [2.05, 4.69) is 5.32 Å². The van der Waals surface area contributed by atoms with Crippen molar-refractivity contribution in [1.82, 2.24) is 0 Å². The highest BCUT2D eigenvalue weighted by Crippen LogP contribution is 2.21. The lowest BCUT2D eigenvalue weighted by molar-refractivity contribution is -0.112. The minimum absolute atomic E-state index is 0.167. The van der Waals surface area contributed by atoms with E-state index in [0.717, 1.165) is 41.2 Å². The van der Waals surface area contributed by atoms with E-state index in [0.29, 0.717) is 17.8 Å². The number of nitrogen functional groups attached to an aromatic ring is 1. The van der Waals surface area contributed by atoms with E-state index in [1.54, 1.807) is 18.2 Å². The SMILES string of the molecule is CC(=CC(=O)Nc1ccccc1N)CCCCC(=O)c1cccc2ccccc12. The van der Waals surface area contributed by atoms with Crippen LogP contribution in [0.15, 0.2) is 78.4 Å². The topological polar surface area (TPSA) is 72.2 Å². The summed E-state index contributed by atoms with van der Waals surface area (Å²) in [6.07, 6.45) is 4.54. The van der Waals surface area contributed by atoms with Crippen molar-refractivity contribution in [3.63, 3.8) is 0 Å². The maximum atomic E-state index is 12.6. The van der Waals surface area contributed by atoms with Crippen LogP contribution in [0, 0.1) is 0 Å². The van der Waals surface area contributed by atoms with Crippen molar-refractivity contribution in [2.45, 2.75) is 32.6 Å². The molecule has 3 aromatic rings. The Kier molecular flexibility index (Phi) is 6.80. The molecular weight excluding hydrogens is 360 g/mol. The van der Waals surface area contributed by atoms with Gasteiger partial charge in [0.25, 0.3) is 0 Å². The highest BCUT2D eigenvalue weighted by Gasteiger charge is 2.09. The first kappa shape index (κ1) is 20.3. The molecule has 0 aliphatic rings. The van der Waals surface area contributed by atoms with Crippen LogP contribution in [0.3, 0.4) is 0 Å². The molecule has 0 fully saturated rings. The van der Waals surface area contributed by atoms with Crippen LogP contribution in [0.25, 0.3) is 10.8 Å². The predicted octanol–water partition coefficient (Wildman–Crippen LogP) is 5.75. The first-order valence-corrected chi connectivity index (χ1v) is 9.88. The summed E-state index contributed by atoms with van der Waals surface area (Å²) in [5.41, 5.74) is 8.76. The lowest BCUT2D eigenvalue weighted by Gasteiger charge is -2.07. The Morgan fingerprint density at radius 1 is 0.897 bits per heavy atom. The van der Waals surface area contributed by atoms with Gasteiger partial charge in [0.05, 0.1) is 11.4 Å². The van der Waals surface area contributed by atoms with Gasteiger partial charge in [-0.3, -0.25) is 9.59 Å². The van der Waals surface area contributed by atoms with Crippen LogP contribution in [0.1, 0.15) is 43.0 Å². The fourth-order valence-corrected chi connectivity index (χ4v) is 3.37. The highest BCUT2D eigenvalue weighted by molar-refractivity contribution is 6.08. The first-order valence-electron chi connectivity index (χ1n) is 9.88. The van der Waals surface area contributed by atoms with Gasteiger partial charge in [-0.05, 0) is 49.1 Å². The Hall–Kier alpha value is -3.40. The molecule has 0 aliphatic carbocycles. The van der Waals surface area contributed by atoms with Crippen molar-refractivity contribution in [3.8, 4) is 0 Å². The number of Topliss-reactive ketones (excluding diaryl/α,β-unsaturated/α-hetero) is 1. The van der Waals surface area contributed by atoms with Gasteiger partial charge in [-0.15, -0.1) is 0 Å². The Balaban J connectivity index is 1.48. The van der Waals surface area contributed by atoms with E-state index in [1.165, 1.54) is 0 Å². The second-order valence-electron chi connectivity index (χ2n) is 7.22. The lowest BCUT2D eigenvalue weighted by atomic mass is 9.98. The Bertz CT molecular complexity index is 1050. The van der Waals surface area contributed by atoms with Crippen molar-refractivity contribution < 1.29 is 9.59 Å². The summed E-state index contributed by atoms with van der Waals surface area (Å²) in [5.74, 6) is -0.0204. The molecule has 0 saturated heterocycles. The molecule has 4 heteroatoms. The van der Waals surface area contributed by atoms with Crippen LogP contribution in [-0.2, 0) is 4.79 Å². The van der Waals surface area contributed by atoms with E-state index in [4.69, 9.17) is 5.73 Å². The van der Waals surface area contributed by atoms with Gasteiger partial charge in [-0.2, -0.15) is 0 Å². The molecule has 0 atom stereocenters. The Morgan fingerprint density at radius 3 is 2.41 bits per heavy atom. The van der Waals surface area contributed by atoms with Crippen molar-refractivity contribution in [1.29, 1.82) is 0 Å². The number of unbranched alkanes of at least 4 members (excludes halogenated alkanes) is 1. The zero-order chi connectivity index (χ0) is 20.6. The van der Waals surface area contributed by atoms with Crippen LogP contribution in [0.4, 0.5) is 11.4 Å². The van der Waals surface area contributed by atoms with Crippen molar-refractivity contribution in [2.75, 3.05) is 11.1 Å². The number of fused-ring (bicyclic) bond motifs is 1. The number of benzene rings is 3. The average molecular weight is 386 g/mol. The Morgan fingerprint density at radius 2 is 1.59 bits per heavy atom. The molecule has 0 radical (unpaired) electrons. The number of amides is 1. The lowest BCUT2D eigenvalue weighted by Crippen LogP contribution is -2.10. The van der Waals surface area contributed by atoms with Gasteiger partial charge in [0.15, 0.2) is 5.78 Å². The third-order valence-electron chi connectivity index (χ3n) is 4.91. The van der Waals surface area contributed by atoms with Gasteiger partial charge < -0.3 is 11.1 Å². The van der Waals surface area contributed by atoms with Crippen LogP contribution in [-0.4, -0.2) is 11.7 Å². The number of carbonyl (C=O) groups is 2. The van der Waals surface area contributed by atoms with Gasteiger partial charge in [0.1, 0.15) is 0 Å².